The molecule has 0 fully saturated rings. The second-order valence-electron chi connectivity index (χ2n) is 3.32. The van der Waals surface area contributed by atoms with Crippen LogP contribution in [0.3, 0.4) is 0 Å². The lowest BCUT2D eigenvalue weighted by atomic mass is 10.0. The van der Waals surface area contributed by atoms with Gasteiger partial charge >= 0.3 is 0 Å². The molecule has 1 N–H and O–H groups in total. The third kappa shape index (κ3) is 2.74. The van der Waals surface area contributed by atoms with Crippen LogP contribution in [0.25, 0.3) is 0 Å². The van der Waals surface area contributed by atoms with Gasteiger partial charge in [-0.3, -0.25) is 0 Å². The molecule has 0 radical (unpaired) electrons. The molecular weight excluding hydrogens is 219 g/mol. The number of aliphatic hydroxyl groups is 1. The maximum atomic E-state index is 9.79. The molecule has 3 heteroatoms. The molecule has 0 aliphatic heterocycles. The number of hydrogen-bond donors (Lipinski definition) is 1. The average molecular weight is 231 g/mol. The van der Waals surface area contributed by atoms with Crippen molar-refractivity contribution in [3.05, 3.63) is 46.0 Å². The zero-order valence-electron chi connectivity index (χ0n) is 7.93. The van der Waals surface area contributed by atoms with Gasteiger partial charge in [0.15, 0.2) is 0 Å². The zero-order valence-corrected chi connectivity index (χ0v) is 9.44. The highest BCUT2D eigenvalue weighted by molar-refractivity contribution is 6.42. The van der Waals surface area contributed by atoms with E-state index in [4.69, 9.17) is 23.2 Å². The Kier molecular flexibility index (Phi) is 3.99. The van der Waals surface area contributed by atoms with E-state index in [1.54, 1.807) is 18.2 Å². The van der Waals surface area contributed by atoms with E-state index in [2.05, 4.69) is 6.58 Å². The quantitative estimate of drug-likeness (QED) is 0.779. The number of halogens is 2. The van der Waals surface area contributed by atoms with Crippen molar-refractivity contribution < 1.29 is 5.11 Å². The topological polar surface area (TPSA) is 20.2 Å². The molecule has 0 bridgehead atoms. The fourth-order valence-corrected chi connectivity index (χ4v) is 1.65. The Morgan fingerprint density at radius 1 is 1.50 bits per heavy atom. The van der Waals surface area contributed by atoms with Crippen LogP contribution in [-0.2, 0) is 0 Å². The third-order valence-corrected chi connectivity index (χ3v) is 2.72. The van der Waals surface area contributed by atoms with Crippen molar-refractivity contribution in [1.29, 1.82) is 0 Å². The summed E-state index contributed by atoms with van der Waals surface area (Å²) in [7, 11) is 0. The van der Waals surface area contributed by atoms with Crippen LogP contribution in [-0.4, -0.2) is 5.11 Å². The molecule has 0 aliphatic carbocycles. The molecule has 1 rings (SSSR count). The first-order valence-electron chi connectivity index (χ1n) is 4.28. The first-order chi connectivity index (χ1) is 6.52. The van der Waals surface area contributed by atoms with Gasteiger partial charge in [-0.05, 0) is 19.4 Å². The first kappa shape index (κ1) is 11.6. The molecule has 14 heavy (non-hydrogen) atoms. The zero-order chi connectivity index (χ0) is 10.7. The van der Waals surface area contributed by atoms with Crippen molar-refractivity contribution >= 4 is 23.2 Å². The smallest absolute Gasteiger partial charge is 0.0841 e. The predicted molar refractivity (Wildman–Crippen MR) is 60.9 cm³/mol. The van der Waals surface area contributed by atoms with Crippen LogP contribution < -0.4 is 0 Å². The van der Waals surface area contributed by atoms with Crippen molar-refractivity contribution in [3.8, 4) is 0 Å². The third-order valence-electron chi connectivity index (χ3n) is 1.88. The van der Waals surface area contributed by atoms with Gasteiger partial charge in [0.05, 0.1) is 16.1 Å². The highest BCUT2D eigenvalue weighted by Gasteiger charge is 2.13. The van der Waals surface area contributed by atoms with Gasteiger partial charge in [0, 0.05) is 5.56 Å². The summed E-state index contributed by atoms with van der Waals surface area (Å²) in [5.74, 6) is 0. The summed E-state index contributed by atoms with van der Waals surface area (Å²) in [6.45, 7) is 5.60. The minimum atomic E-state index is -0.626. The lowest BCUT2D eigenvalue weighted by Crippen LogP contribution is -1.98. The van der Waals surface area contributed by atoms with Gasteiger partial charge in [-0.1, -0.05) is 40.9 Å². The van der Waals surface area contributed by atoms with E-state index in [0.717, 1.165) is 5.57 Å². The van der Waals surface area contributed by atoms with E-state index < -0.39 is 6.10 Å². The van der Waals surface area contributed by atoms with Gasteiger partial charge in [0.1, 0.15) is 0 Å². The van der Waals surface area contributed by atoms with Crippen LogP contribution in [0, 0.1) is 0 Å². The first-order valence-corrected chi connectivity index (χ1v) is 5.04. The minimum absolute atomic E-state index is 0.419. The van der Waals surface area contributed by atoms with Gasteiger partial charge in [-0.25, -0.2) is 0 Å². The molecule has 0 aromatic heterocycles. The lowest BCUT2D eigenvalue weighted by Gasteiger charge is -2.13. The lowest BCUT2D eigenvalue weighted by molar-refractivity contribution is 0.178. The van der Waals surface area contributed by atoms with Crippen molar-refractivity contribution in [2.24, 2.45) is 0 Å². The molecule has 1 unspecified atom stereocenters. The number of hydrogen-bond acceptors (Lipinski definition) is 1. The summed E-state index contributed by atoms with van der Waals surface area (Å²) in [5, 5.41) is 10.7. The van der Waals surface area contributed by atoms with E-state index in [0.29, 0.717) is 22.0 Å². The van der Waals surface area contributed by atoms with Gasteiger partial charge in [0.25, 0.3) is 0 Å². The fraction of sp³-hybridized carbons (Fsp3) is 0.273. The summed E-state index contributed by atoms with van der Waals surface area (Å²) in [6, 6.07) is 5.23. The van der Waals surface area contributed by atoms with E-state index in [1.807, 2.05) is 6.92 Å². The molecule has 1 atom stereocenters. The van der Waals surface area contributed by atoms with Crippen molar-refractivity contribution in [1.82, 2.24) is 0 Å². The largest absolute Gasteiger partial charge is 0.388 e. The number of aliphatic hydroxyl groups excluding tert-OH is 1. The van der Waals surface area contributed by atoms with E-state index in [1.165, 1.54) is 0 Å². The van der Waals surface area contributed by atoms with Gasteiger partial charge < -0.3 is 5.11 Å². The van der Waals surface area contributed by atoms with Gasteiger partial charge in [0.2, 0.25) is 0 Å². The van der Waals surface area contributed by atoms with Crippen LogP contribution in [0.5, 0.6) is 0 Å². The number of benzene rings is 1. The maximum Gasteiger partial charge on any atom is 0.0841 e. The Morgan fingerprint density at radius 2 is 2.14 bits per heavy atom. The second kappa shape index (κ2) is 4.83. The monoisotopic (exact) mass is 230 g/mol. The average Bonchev–Trinajstić information content (AvgIpc) is 2.08. The normalized spacial score (nSPS) is 12.6. The van der Waals surface area contributed by atoms with Crippen molar-refractivity contribution in [3.63, 3.8) is 0 Å². The van der Waals surface area contributed by atoms with E-state index >= 15 is 0 Å². The molecule has 1 aromatic carbocycles. The molecule has 76 valence electrons. The predicted octanol–water partition coefficient (Wildman–Crippen LogP) is 3.99. The molecule has 0 saturated carbocycles. The van der Waals surface area contributed by atoms with Crippen molar-refractivity contribution in [2.45, 2.75) is 19.4 Å². The molecule has 0 amide bonds. The molecule has 0 spiro atoms. The van der Waals surface area contributed by atoms with Crippen LogP contribution in [0.2, 0.25) is 10.0 Å². The molecule has 1 nitrogen and oxygen atoms in total. The summed E-state index contributed by atoms with van der Waals surface area (Å²) >= 11 is 11.8. The van der Waals surface area contributed by atoms with Gasteiger partial charge in [-0.15, -0.1) is 6.58 Å². The van der Waals surface area contributed by atoms with Crippen LogP contribution in [0.1, 0.15) is 25.0 Å². The fourth-order valence-electron chi connectivity index (χ4n) is 1.22. The standard InChI is InChI=1S/C11H12Cl2O/c1-7(2)6-10(14)8-4-3-5-9(12)11(8)13/h3-5,10,14H,1,6H2,2H3. The second-order valence-corrected chi connectivity index (χ2v) is 4.11. The van der Waals surface area contributed by atoms with Crippen LogP contribution in [0.15, 0.2) is 30.4 Å². The highest BCUT2D eigenvalue weighted by atomic mass is 35.5. The maximum absolute atomic E-state index is 9.79. The summed E-state index contributed by atoms with van der Waals surface area (Å²) in [6.07, 6.45) is -0.126. The molecule has 1 aromatic rings. The minimum Gasteiger partial charge on any atom is -0.388 e. The molecule has 0 heterocycles. The van der Waals surface area contributed by atoms with Crippen LogP contribution >= 0.6 is 23.2 Å². The Labute approximate surface area is 94.0 Å². The number of rotatable bonds is 3. The Hall–Kier alpha value is -0.500. The van der Waals surface area contributed by atoms with Crippen LogP contribution in [0.4, 0.5) is 0 Å². The Bertz CT molecular complexity index is 347. The molecule has 0 saturated heterocycles. The molecule has 0 aliphatic rings. The highest BCUT2D eigenvalue weighted by Crippen LogP contribution is 2.32. The summed E-state index contributed by atoms with van der Waals surface area (Å²) < 4.78 is 0. The van der Waals surface area contributed by atoms with E-state index in [9.17, 15) is 5.11 Å². The van der Waals surface area contributed by atoms with E-state index in [-0.39, 0.29) is 0 Å². The SMILES string of the molecule is C=C(C)CC(O)c1cccc(Cl)c1Cl. The van der Waals surface area contributed by atoms with Crippen molar-refractivity contribution in [2.75, 3.05) is 0 Å². The van der Waals surface area contributed by atoms with Gasteiger partial charge in [-0.2, -0.15) is 0 Å². The summed E-state index contributed by atoms with van der Waals surface area (Å²) in [5.41, 5.74) is 1.57. The molecular formula is C11H12Cl2O. The Morgan fingerprint density at radius 3 is 2.71 bits per heavy atom. The summed E-state index contributed by atoms with van der Waals surface area (Å²) in [4.78, 5) is 0. The Balaban J connectivity index is 2.95.